The highest BCUT2D eigenvalue weighted by atomic mass is 32.2. The van der Waals surface area contributed by atoms with Gasteiger partial charge >= 0.3 is 6.18 Å². The molecule has 6 nitrogen and oxygen atoms in total. The van der Waals surface area contributed by atoms with Crippen LogP contribution in [-0.4, -0.2) is 45.1 Å². The van der Waals surface area contributed by atoms with E-state index in [2.05, 4.69) is 14.9 Å². The van der Waals surface area contributed by atoms with Crippen molar-refractivity contribution >= 4 is 21.6 Å². The summed E-state index contributed by atoms with van der Waals surface area (Å²) in [4.78, 5) is 15.3. The number of fused-ring (bicyclic) bond motifs is 1. The first-order chi connectivity index (χ1) is 17.0. The number of alkyl halides is 3. The molecule has 1 aliphatic heterocycles. The Morgan fingerprint density at radius 1 is 1.00 bits per heavy atom. The van der Waals surface area contributed by atoms with Gasteiger partial charge in [-0.25, -0.2) is 13.1 Å². The van der Waals surface area contributed by atoms with E-state index in [9.17, 15) is 26.4 Å². The standard InChI is InChI=1S/C26H26F3N3O3S/c1-36(34,35)30-13-15-32-14-12-19-16-22(11-8-20(19)17-32)31-25(33)24-5-3-2-4-23(24)18-6-9-21(10-7-18)26(27,28)29/h2-11,16,30H,12-15,17H2,1H3,(H,31,33). The van der Waals surface area contributed by atoms with Gasteiger partial charge in [0.05, 0.1) is 11.8 Å². The average Bonchev–Trinajstić information content (AvgIpc) is 2.83. The van der Waals surface area contributed by atoms with Crippen LogP contribution in [-0.2, 0) is 29.2 Å². The van der Waals surface area contributed by atoms with Crippen molar-refractivity contribution in [3.63, 3.8) is 0 Å². The van der Waals surface area contributed by atoms with Gasteiger partial charge in [-0.2, -0.15) is 13.2 Å². The monoisotopic (exact) mass is 517 g/mol. The molecule has 10 heteroatoms. The smallest absolute Gasteiger partial charge is 0.322 e. The molecule has 0 unspecified atom stereocenters. The molecule has 4 rings (SSSR count). The number of nitrogens with one attached hydrogen (secondary N) is 2. The van der Waals surface area contributed by atoms with Crippen LogP contribution in [0.25, 0.3) is 11.1 Å². The van der Waals surface area contributed by atoms with Crippen molar-refractivity contribution in [3.05, 3.63) is 89.0 Å². The van der Waals surface area contributed by atoms with Crippen LogP contribution < -0.4 is 10.0 Å². The molecular weight excluding hydrogens is 491 g/mol. The van der Waals surface area contributed by atoms with Crippen LogP contribution in [0.1, 0.15) is 27.0 Å². The summed E-state index contributed by atoms with van der Waals surface area (Å²) in [6.07, 6.45) is -2.53. The van der Waals surface area contributed by atoms with Crippen LogP contribution in [0.5, 0.6) is 0 Å². The van der Waals surface area contributed by atoms with Gasteiger partial charge in [-0.3, -0.25) is 9.69 Å². The number of amides is 1. The second-order valence-electron chi connectivity index (χ2n) is 8.75. The predicted octanol–water partition coefficient (Wildman–Crippen LogP) is 4.53. The van der Waals surface area contributed by atoms with Crippen molar-refractivity contribution in [3.8, 4) is 11.1 Å². The molecule has 3 aromatic rings. The zero-order chi connectivity index (χ0) is 25.9. The molecule has 0 fully saturated rings. The molecule has 3 aromatic carbocycles. The van der Waals surface area contributed by atoms with Gasteiger partial charge in [0.2, 0.25) is 10.0 Å². The number of carbonyl (C=O) groups is 1. The van der Waals surface area contributed by atoms with Crippen molar-refractivity contribution in [2.45, 2.75) is 19.1 Å². The Morgan fingerprint density at radius 2 is 1.72 bits per heavy atom. The van der Waals surface area contributed by atoms with Crippen LogP contribution >= 0.6 is 0 Å². The highest BCUT2D eigenvalue weighted by Gasteiger charge is 2.30. The fourth-order valence-electron chi connectivity index (χ4n) is 4.24. The minimum absolute atomic E-state index is 0.348. The molecule has 0 aromatic heterocycles. The molecular formula is C26H26F3N3O3S. The summed E-state index contributed by atoms with van der Waals surface area (Å²) in [5.74, 6) is -0.352. The molecule has 0 saturated carbocycles. The number of benzene rings is 3. The number of hydrogen-bond acceptors (Lipinski definition) is 4. The lowest BCUT2D eigenvalue weighted by molar-refractivity contribution is -0.137. The van der Waals surface area contributed by atoms with E-state index in [0.29, 0.717) is 42.0 Å². The minimum Gasteiger partial charge on any atom is -0.322 e. The fourth-order valence-corrected chi connectivity index (χ4v) is 4.70. The minimum atomic E-state index is -4.42. The molecule has 0 spiro atoms. The first kappa shape index (κ1) is 25.9. The number of sulfonamides is 1. The van der Waals surface area contributed by atoms with Gasteiger partial charge in [0.15, 0.2) is 0 Å². The van der Waals surface area contributed by atoms with E-state index < -0.39 is 21.8 Å². The Balaban J connectivity index is 1.45. The van der Waals surface area contributed by atoms with Crippen molar-refractivity contribution < 1.29 is 26.4 Å². The SMILES string of the molecule is CS(=O)(=O)NCCN1CCc2cc(NC(=O)c3ccccc3-c3ccc(C(F)(F)F)cc3)ccc2C1. The maximum atomic E-state index is 13.1. The number of carbonyl (C=O) groups excluding carboxylic acids is 1. The third-order valence-electron chi connectivity index (χ3n) is 6.04. The first-order valence-corrected chi connectivity index (χ1v) is 13.3. The van der Waals surface area contributed by atoms with Crippen molar-refractivity contribution in [1.82, 2.24) is 9.62 Å². The Hall–Kier alpha value is -3.21. The van der Waals surface area contributed by atoms with Gasteiger partial charge in [-0.1, -0.05) is 36.4 Å². The lowest BCUT2D eigenvalue weighted by Gasteiger charge is -2.29. The summed E-state index contributed by atoms with van der Waals surface area (Å²) in [5, 5.41) is 2.91. The molecule has 0 aliphatic carbocycles. The van der Waals surface area contributed by atoms with Gasteiger partial charge in [0, 0.05) is 37.4 Å². The van der Waals surface area contributed by atoms with E-state index in [1.807, 2.05) is 18.2 Å². The molecule has 0 radical (unpaired) electrons. The quantitative estimate of drug-likeness (QED) is 0.483. The van der Waals surface area contributed by atoms with Crippen LogP contribution in [0.15, 0.2) is 66.7 Å². The van der Waals surface area contributed by atoms with Crippen molar-refractivity contribution in [2.75, 3.05) is 31.2 Å². The number of rotatable bonds is 7. The Bertz CT molecular complexity index is 1360. The molecule has 36 heavy (non-hydrogen) atoms. The predicted molar refractivity (Wildman–Crippen MR) is 133 cm³/mol. The summed E-state index contributed by atoms with van der Waals surface area (Å²) in [6.45, 7) is 2.41. The number of anilines is 1. The molecule has 1 aliphatic rings. The highest BCUT2D eigenvalue weighted by Crippen LogP contribution is 2.32. The van der Waals surface area contributed by atoms with Crippen LogP contribution in [0.3, 0.4) is 0 Å². The van der Waals surface area contributed by atoms with E-state index in [4.69, 9.17) is 0 Å². The molecule has 190 valence electrons. The molecule has 2 N–H and O–H groups in total. The third-order valence-corrected chi connectivity index (χ3v) is 6.77. The summed E-state index contributed by atoms with van der Waals surface area (Å²) < 4.78 is 63.7. The normalized spacial score (nSPS) is 14.3. The summed E-state index contributed by atoms with van der Waals surface area (Å²) in [5.41, 5.74) is 3.53. The summed E-state index contributed by atoms with van der Waals surface area (Å²) >= 11 is 0. The molecule has 1 heterocycles. The molecule has 0 bridgehead atoms. The lowest BCUT2D eigenvalue weighted by atomic mass is 9.97. The van der Waals surface area contributed by atoms with E-state index in [-0.39, 0.29) is 5.91 Å². The number of halogens is 3. The zero-order valence-corrected chi connectivity index (χ0v) is 20.4. The van der Waals surface area contributed by atoms with Crippen LogP contribution in [0.2, 0.25) is 0 Å². The Labute approximate surface area is 208 Å². The maximum Gasteiger partial charge on any atom is 0.416 e. The lowest BCUT2D eigenvalue weighted by Crippen LogP contribution is -2.37. The van der Waals surface area contributed by atoms with Gasteiger partial charge in [0.25, 0.3) is 5.91 Å². The first-order valence-electron chi connectivity index (χ1n) is 11.4. The highest BCUT2D eigenvalue weighted by molar-refractivity contribution is 7.88. The van der Waals surface area contributed by atoms with E-state index in [1.165, 1.54) is 12.1 Å². The third kappa shape index (κ3) is 6.51. The second-order valence-corrected chi connectivity index (χ2v) is 10.6. The Kier molecular flexibility index (Phi) is 7.49. The van der Waals surface area contributed by atoms with E-state index in [0.717, 1.165) is 42.5 Å². The van der Waals surface area contributed by atoms with Crippen LogP contribution in [0.4, 0.5) is 18.9 Å². The number of hydrogen-bond donors (Lipinski definition) is 2. The summed E-state index contributed by atoms with van der Waals surface area (Å²) in [6, 6.07) is 17.2. The molecule has 0 saturated heterocycles. The average molecular weight is 518 g/mol. The number of nitrogens with zero attached hydrogens (tertiary/aromatic N) is 1. The fraction of sp³-hybridized carbons (Fsp3) is 0.269. The second kappa shape index (κ2) is 10.4. The zero-order valence-electron chi connectivity index (χ0n) is 19.6. The summed E-state index contributed by atoms with van der Waals surface area (Å²) in [7, 11) is -3.22. The van der Waals surface area contributed by atoms with Crippen molar-refractivity contribution in [2.24, 2.45) is 0 Å². The van der Waals surface area contributed by atoms with Gasteiger partial charge in [0.1, 0.15) is 0 Å². The Morgan fingerprint density at radius 3 is 2.42 bits per heavy atom. The van der Waals surface area contributed by atoms with E-state index >= 15 is 0 Å². The largest absolute Gasteiger partial charge is 0.416 e. The van der Waals surface area contributed by atoms with Crippen molar-refractivity contribution in [1.29, 1.82) is 0 Å². The van der Waals surface area contributed by atoms with Crippen LogP contribution in [0, 0.1) is 0 Å². The van der Waals surface area contributed by atoms with Gasteiger partial charge in [-0.05, 0) is 59.0 Å². The topological polar surface area (TPSA) is 78.5 Å². The molecule has 1 amide bonds. The van der Waals surface area contributed by atoms with Gasteiger partial charge < -0.3 is 5.32 Å². The molecule has 0 atom stereocenters. The van der Waals surface area contributed by atoms with E-state index in [1.54, 1.807) is 24.3 Å². The maximum absolute atomic E-state index is 13.1. The van der Waals surface area contributed by atoms with Gasteiger partial charge in [-0.15, -0.1) is 0 Å².